The van der Waals surface area contributed by atoms with Crippen molar-refractivity contribution in [3.63, 3.8) is 0 Å². The van der Waals surface area contributed by atoms with Gasteiger partial charge in [0.2, 0.25) is 5.89 Å². The van der Waals surface area contributed by atoms with Gasteiger partial charge in [-0.2, -0.15) is 0 Å². The Bertz CT molecular complexity index is 881. The predicted octanol–water partition coefficient (Wildman–Crippen LogP) is 4.03. The zero-order valence-corrected chi connectivity index (χ0v) is 12.8. The highest BCUT2D eigenvalue weighted by Crippen LogP contribution is 2.20. The molecular formula is C16H9ClF2N2O3. The third-order valence-electron chi connectivity index (χ3n) is 3.04. The molecule has 3 aromatic rings. The number of hydrogen-bond donors (Lipinski definition) is 0. The fourth-order valence-electron chi connectivity index (χ4n) is 1.88. The van der Waals surface area contributed by atoms with Crippen LogP contribution in [0, 0.1) is 11.6 Å². The van der Waals surface area contributed by atoms with Crippen LogP contribution in [-0.4, -0.2) is 16.2 Å². The van der Waals surface area contributed by atoms with Gasteiger partial charge in [-0.15, -0.1) is 10.2 Å². The van der Waals surface area contributed by atoms with Gasteiger partial charge >= 0.3 is 5.97 Å². The van der Waals surface area contributed by atoms with Crippen LogP contribution in [0.25, 0.3) is 11.5 Å². The molecule has 3 rings (SSSR count). The second-order valence-corrected chi connectivity index (χ2v) is 5.14. The van der Waals surface area contributed by atoms with E-state index in [1.54, 1.807) is 24.3 Å². The summed E-state index contributed by atoms with van der Waals surface area (Å²) in [6.07, 6.45) is 0. The molecule has 1 heterocycles. The van der Waals surface area contributed by atoms with Crippen LogP contribution in [-0.2, 0) is 11.3 Å². The Hall–Kier alpha value is -2.80. The van der Waals surface area contributed by atoms with Crippen molar-refractivity contribution in [2.75, 3.05) is 0 Å². The molecule has 0 N–H and O–H groups in total. The van der Waals surface area contributed by atoms with Crippen molar-refractivity contribution in [1.29, 1.82) is 0 Å². The quantitative estimate of drug-likeness (QED) is 0.665. The molecule has 1 aromatic heterocycles. The summed E-state index contributed by atoms with van der Waals surface area (Å²) in [5, 5.41) is 8.12. The van der Waals surface area contributed by atoms with E-state index in [0.717, 1.165) is 12.1 Å². The number of carbonyl (C=O) groups excluding carboxylic acids is 1. The first-order valence-electron chi connectivity index (χ1n) is 6.73. The summed E-state index contributed by atoms with van der Waals surface area (Å²) >= 11 is 5.79. The van der Waals surface area contributed by atoms with Crippen molar-refractivity contribution in [2.24, 2.45) is 0 Å². The van der Waals surface area contributed by atoms with Gasteiger partial charge in [0, 0.05) is 16.7 Å². The molecule has 122 valence electrons. The number of esters is 1. The van der Waals surface area contributed by atoms with E-state index >= 15 is 0 Å². The number of rotatable bonds is 4. The zero-order valence-electron chi connectivity index (χ0n) is 12.0. The number of halogens is 3. The SMILES string of the molecule is O=C(OCc1nnc(-c2ccc(Cl)cc2)o1)c1ccc(F)cc1F. The van der Waals surface area contributed by atoms with E-state index in [1.807, 2.05) is 0 Å². The first-order valence-corrected chi connectivity index (χ1v) is 7.11. The molecule has 5 nitrogen and oxygen atoms in total. The smallest absolute Gasteiger partial charge is 0.341 e. The molecule has 0 fully saturated rings. The number of carbonyl (C=O) groups is 1. The highest BCUT2D eigenvalue weighted by Gasteiger charge is 2.16. The topological polar surface area (TPSA) is 65.2 Å². The van der Waals surface area contributed by atoms with Gasteiger partial charge in [-0.3, -0.25) is 0 Å². The molecule has 0 radical (unpaired) electrons. The fraction of sp³-hybridized carbons (Fsp3) is 0.0625. The highest BCUT2D eigenvalue weighted by atomic mass is 35.5. The maximum atomic E-state index is 13.5. The number of ether oxygens (including phenoxy) is 1. The summed E-state index contributed by atoms with van der Waals surface area (Å²) in [7, 11) is 0. The van der Waals surface area contributed by atoms with Gasteiger partial charge in [-0.1, -0.05) is 11.6 Å². The van der Waals surface area contributed by atoms with E-state index < -0.39 is 17.6 Å². The molecule has 0 atom stereocenters. The van der Waals surface area contributed by atoms with Crippen molar-refractivity contribution in [1.82, 2.24) is 10.2 Å². The molecule has 0 unspecified atom stereocenters. The van der Waals surface area contributed by atoms with Gasteiger partial charge in [0.15, 0.2) is 6.61 Å². The van der Waals surface area contributed by atoms with Crippen molar-refractivity contribution >= 4 is 17.6 Å². The van der Waals surface area contributed by atoms with Gasteiger partial charge in [0.1, 0.15) is 11.6 Å². The highest BCUT2D eigenvalue weighted by molar-refractivity contribution is 6.30. The van der Waals surface area contributed by atoms with Crippen LogP contribution in [0.4, 0.5) is 8.78 Å². The number of nitrogens with zero attached hydrogens (tertiary/aromatic N) is 2. The van der Waals surface area contributed by atoms with Gasteiger partial charge < -0.3 is 9.15 Å². The number of hydrogen-bond acceptors (Lipinski definition) is 5. The van der Waals surface area contributed by atoms with E-state index in [1.165, 1.54) is 0 Å². The van der Waals surface area contributed by atoms with E-state index in [0.29, 0.717) is 16.7 Å². The molecule has 0 bridgehead atoms. The average molecular weight is 351 g/mol. The Kier molecular flexibility index (Phi) is 4.52. The molecule has 0 spiro atoms. The van der Waals surface area contributed by atoms with Gasteiger partial charge in [0.25, 0.3) is 5.89 Å². The summed E-state index contributed by atoms with van der Waals surface area (Å²) in [5.74, 6) is -2.49. The van der Waals surface area contributed by atoms with Crippen LogP contribution < -0.4 is 0 Å². The Labute approximate surface area is 139 Å². The summed E-state index contributed by atoms with van der Waals surface area (Å²) < 4.78 is 36.5. The molecule has 0 saturated heterocycles. The first-order chi connectivity index (χ1) is 11.5. The second-order valence-electron chi connectivity index (χ2n) is 4.71. The van der Waals surface area contributed by atoms with Crippen LogP contribution in [0.3, 0.4) is 0 Å². The van der Waals surface area contributed by atoms with E-state index in [-0.39, 0.29) is 24.0 Å². The molecule has 0 aliphatic carbocycles. The Morgan fingerprint density at radius 1 is 1.12 bits per heavy atom. The van der Waals surface area contributed by atoms with Crippen molar-refractivity contribution in [3.05, 3.63) is 70.6 Å². The minimum atomic E-state index is -1.01. The number of aromatic nitrogens is 2. The molecule has 24 heavy (non-hydrogen) atoms. The van der Waals surface area contributed by atoms with Crippen LogP contribution in [0.5, 0.6) is 0 Å². The van der Waals surface area contributed by atoms with Crippen molar-refractivity contribution in [2.45, 2.75) is 6.61 Å². The first kappa shape index (κ1) is 16.1. The average Bonchev–Trinajstić information content (AvgIpc) is 3.02. The van der Waals surface area contributed by atoms with Crippen LogP contribution in [0.1, 0.15) is 16.2 Å². The van der Waals surface area contributed by atoms with Crippen LogP contribution in [0.15, 0.2) is 46.9 Å². The molecule has 0 saturated carbocycles. The minimum absolute atomic E-state index is 0.0378. The van der Waals surface area contributed by atoms with Crippen molar-refractivity contribution < 1.29 is 22.7 Å². The Morgan fingerprint density at radius 3 is 2.58 bits per heavy atom. The van der Waals surface area contributed by atoms with Gasteiger partial charge in [-0.05, 0) is 36.4 Å². The maximum absolute atomic E-state index is 13.5. The lowest BCUT2D eigenvalue weighted by Crippen LogP contribution is -2.08. The van der Waals surface area contributed by atoms with Crippen LogP contribution in [0.2, 0.25) is 5.02 Å². The summed E-state index contributed by atoms with van der Waals surface area (Å²) in [6.45, 7) is -0.337. The summed E-state index contributed by atoms with van der Waals surface area (Å²) in [4.78, 5) is 11.8. The van der Waals surface area contributed by atoms with Crippen molar-refractivity contribution in [3.8, 4) is 11.5 Å². The third-order valence-corrected chi connectivity index (χ3v) is 3.29. The third kappa shape index (κ3) is 3.57. The summed E-state index contributed by atoms with van der Waals surface area (Å²) in [5.41, 5.74) is 0.267. The summed E-state index contributed by atoms with van der Waals surface area (Å²) in [6, 6.07) is 9.28. The number of benzene rings is 2. The van der Waals surface area contributed by atoms with Gasteiger partial charge in [-0.25, -0.2) is 13.6 Å². The fourth-order valence-corrected chi connectivity index (χ4v) is 2.01. The Morgan fingerprint density at radius 2 is 1.88 bits per heavy atom. The maximum Gasteiger partial charge on any atom is 0.341 e. The lowest BCUT2D eigenvalue weighted by atomic mass is 10.2. The monoisotopic (exact) mass is 350 g/mol. The normalized spacial score (nSPS) is 10.6. The molecule has 8 heteroatoms. The molecule has 0 aliphatic rings. The largest absolute Gasteiger partial charge is 0.452 e. The predicted molar refractivity (Wildman–Crippen MR) is 80.2 cm³/mol. The van der Waals surface area contributed by atoms with Gasteiger partial charge in [0.05, 0.1) is 5.56 Å². The van der Waals surface area contributed by atoms with E-state index in [2.05, 4.69) is 10.2 Å². The molecular weight excluding hydrogens is 342 g/mol. The van der Waals surface area contributed by atoms with E-state index in [9.17, 15) is 13.6 Å². The minimum Gasteiger partial charge on any atom is -0.452 e. The zero-order chi connectivity index (χ0) is 17.1. The molecule has 2 aromatic carbocycles. The molecule has 0 aliphatic heterocycles. The Balaban J connectivity index is 1.67. The van der Waals surface area contributed by atoms with E-state index in [4.69, 9.17) is 20.8 Å². The lowest BCUT2D eigenvalue weighted by molar-refractivity contribution is 0.0433. The second kappa shape index (κ2) is 6.76. The lowest BCUT2D eigenvalue weighted by Gasteiger charge is -2.03. The standard InChI is InChI=1S/C16H9ClF2N2O3/c17-10-3-1-9(2-4-10)15-21-20-14(24-15)8-23-16(22)12-6-5-11(18)7-13(12)19/h1-7H,8H2. The molecule has 0 amide bonds. The van der Waals surface area contributed by atoms with Crippen LogP contribution >= 0.6 is 11.6 Å².